The highest BCUT2D eigenvalue weighted by Crippen LogP contribution is 2.44. The van der Waals surface area contributed by atoms with E-state index in [1.165, 1.54) is 45.7 Å². The molecule has 3 heterocycles. The topological polar surface area (TPSA) is 24.9 Å². The van der Waals surface area contributed by atoms with Crippen molar-refractivity contribution in [1.82, 2.24) is 4.98 Å². The summed E-state index contributed by atoms with van der Waals surface area (Å²) >= 11 is 9.97. The Morgan fingerprint density at radius 2 is 2.04 bits per heavy atom. The quantitative estimate of drug-likeness (QED) is 0.462. The van der Waals surface area contributed by atoms with Gasteiger partial charge >= 0.3 is 0 Å². The predicted molar refractivity (Wildman–Crippen MR) is 114 cm³/mol. The second-order valence-corrected chi connectivity index (χ2v) is 8.65. The van der Waals surface area contributed by atoms with Crippen molar-refractivity contribution >= 4 is 50.2 Å². The molecule has 0 unspecified atom stereocenters. The molecule has 0 aromatic carbocycles. The fraction of sp³-hybridized carbons (Fsp3) is 0.450. The van der Waals surface area contributed by atoms with Crippen LogP contribution in [0.5, 0.6) is 0 Å². The van der Waals surface area contributed by atoms with E-state index in [0.717, 1.165) is 23.7 Å². The smallest absolute Gasteiger partial charge is 0.131 e. The first-order valence-corrected chi connectivity index (χ1v) is 11.2. The molecular weight excluding hydrogens is 368 g/mol. The number of aromatic nitrogens is 1. The minimum absolute atomic E-state index is 0.574. The number of thiophene rings is 2. The molecule has 25 heavy (non-hydrogen) atoms. The first kappa shape index (κ1) is 18.7. The van der Waals surface area contributed by atoms with Gasteiger partial charge in [0.05, 0.1) is 15.9 Å². The van der Waals surface area contributed by atoms with Crippen molar-refractivity contribution in [2.45, 2.75) is 58.9 Å². The molecule has 1 aliphatic rings. The van der Waals surface area contributed by atoms with Gasteiger partial charge in [0.25, 0.3) is 0 Å². The average molecular weight is 393 g/mol. The molecule has 5 heteroatoms. The summed E-state index contributed by atoms with van der Waals surface area (Å²) in [7, 11) is 0. The van der Waals surface area contributed by atoms with Gasteiger partial charge in [-0.05, 0) is 42.7 Å². The van der Waals surface area contributed by atoms with Crippen LogP contribution in [0.4, 0.5) is 5.69 Å². The SMILES string of the molecule is CC.Cc1c(C2CCCC2)sc2c(NCc3cccs3)cc(Cl)nc12. The number of hydrogen-bond acceptors (Lipinski definition) is 4. The van der Waals surface area contributed by atoms with Crippen molar-refractivity contribution in [3.8, 4) is 0 Å². The maximum atomic E-state index is 6.28. The molecule has 1 aliphatic carbocycles. The predicted octanol–water partition coefficient (Wildman–Crippen LogP) is 7.62. The summed E-state index contributed by atoms with van der Waals surface area (Å²) < 4.78 is 1.25. The van der Waals surface area contributed by atoms with E-state index >= 15 is 0 Å². The lowest BCUT2D eigenvalue weighted by molar-refractivity contribution is 0.734. The Kier molecular flexibility index (Phi) is 6.37. The lowest BCUT2D eigenvalue weighted by atomic mass is 10.0. The normalized spacial score (nSPS) is 14.6. The van der Waals surface area contributed by atoms with Gasteiger partial charge in [-0.2, -0.15) is 0 Å². The number of rotatable bonds is 4. The number of nitrogens with one attached hydrogen (secondary N) is 1. The summed E-state index contributed by atoms with van der Waals surface area (Å²) in [4.78, 5) is 7.46. The van der Waals surface area contributed by atoms with Gasteiger partial charge in [-0.15, -0.1) is 22.7 Å². The highest BCUT2D eigenvalue weighted by Gasteiger charge is 2.23. The van der Waals surface area contributed by atoms with Gasteiger partial charge in [0.1, 0.15) is 5.15 Å². The Balaban J connectivity index is 0.000000880. The molecule has 0 bridgehead atoms. The number of hydrogen-bond donors (Lipinski definition) is 1. The molecule has 0 aliphatic heterocycles. The zero-order chi connectivity index (χ0) is 17.8. The first-order valence-electron chi connectivity index (χ1n) is 9.08. The van der Waals surface area contributed by atoms with E-state index in [9.17, 15) is 0 Å². The van der Waals surface area contributed by atoms with Crippen molar-refractivity contribution in [2.75, 3.05) is 5.32 Å². The van der Waals surface area contributed by atoms with E-state index in [2.05, 4.69) is 34.7 Å². The summed E-state index contributed by atoms with van der Waals surface area (Å²) in [5.74, 6) is 0.720. The summed E-state index contributed by atoms with van der Waals surface area (Å²) in [6.45, 7) is 7.04. The Morgan fingerprint density at radius 1 is 1.28 bits per heavy atom. The minimum Gasteiger partial charge on any atom is -0.379 e. The summed E-state index contributed by atoms with van der Waals surface area (Å²) in [5, 5.41) is 6.24. The monoisotopic (exact) mass is 392 g/mol. The van der Waals surface area contributed by atoms with Crippen molar-refractivity contribution < 1.29 is 0 Å². The Morgan fingerprint density at radius 3 is 2.72 bits per heavy atom. The highest BCUT2D eigenvalue weighted by molar-refractivity contribution is 7.20. The van der Waals surface area contributed by atoms with E-state index < -0.39 is 0 Å². The van der Waals surface area contributed by atoms with Crippen LogP contribution in [0.15, 0.2) is 23.6 Å². The van der Waals surface area contributed by atoms with Crippen LogP contribution in [-0.4, -0.2) is 4.98 Å². The number of halogens is 1. The van der Waals surface area contributed by atoms with Gasteiger partial charge in [-0.1, -0.05) is 44.4 Å². The summed E-state index contributed by atoms with van der Waals surface area (Å²) in [5.41, 5.74) is 3.53. The molecule has 3 aromatic heterocycles. The molecule has 0 radical (unpaired) electrons. The molecule has 1 N–H and O–H groups in total. The van der Waals surface area contributed by atoms with Crippen LogP contribution >= 0.6 is 34.3 Å². The van der Waals surface area contributed by atoms with E-state index in [1.54, 1.807) is 11.3 Å². The van der Waals surface area contributed by atoms with Crippen molar-refractivity contribution in [2.24, 2.45) is 0 Å². The standard InChI is InChI=1S/C18H19ClN2S2.C2H6/c1-11-16-18(23-17(11)12-5-2-3-6-12)14(9-15(19)21-16)20-10-13-7-4-8-22-13;1-2/h4,7-9,12H,2-3,5-6,10H2,1H3,(H,20,21);1-2H3. The van der Waals surface area contributed by atoms with Crippen LogP contribution in [0, 0.1) is 6.92 Å². The van der Waals surface area contributed by atoms with Gasteiger partial charge in [0, 0.05) is 22.4 Å². The van der Waals surface area contributed by atoms with Crippen LogP contribution in [0.25, 0.3) is 10.2 Å². The van der Waals surface area contributed by atoms with Gasteiger partial charge in [0.15, 0.2) is 0 Å². The second kappa shape index (κ2) is 8.52. The number of nitrogens with zero attached hydrogens (tertiary/aromatic N) is 1. The van der Waals surface area contributed by atoms with Gasteiger partial charge in [0.2, 0.25) is 0 Å². The zero-order valence-electron chi connectivity index (χ0n) is 15.1. The van der Waals surface area contributed by atoms with Crippen molar-refractivity contribution in [3.63, 3.8) is 0 Å². The third kappa shape index (κ3) is 4.02. The molecular formula is C20H25ClN2S2. The lowest BCUT2D eigenvalue weighted by Crippen LogP contribution is -1.98. The first-order chi connectivity index (χ1) is 12.2. The minimum atomic E-state index is 0.574. The van der Waals surface area contributed by atoms with Crippen LogP contribution in [0.1, 0.15) is 60.8 Å². The molecule has 0 saturated heterocycles. The van der Waals surface area contributed by atoms with E-state index in [4.69, 9.17) is 11.6 Å². The molecule has 3 aromatic rings. The highest BCUT2D eigenvalue weighted by atomic mass is 35.5. The van der Waals surface area contributed by atoms with Crippen LogP contribution in [0.2, 0.25) is 5.15 Å². The fourth-order valence-electron chi connectivity index (χ4n) is 3.47. The summed E-state index contributed by atoms with van der Waals surface area (Å²) in [6.07, 6.45) is 5.35. The van der Waals surface area contributed by atoms with Gasteiger partial charge < -0.3 is 5.32 Å². The maximum Gasteiger partial charge on any atom is 0.131 e. The second-order valence-electron chi connectivity index (χ2n) is 6.18. The van der Waals surface area contributed by atoms with E-state index in [1.807, 2.05) is 31.3 Å². The summed E-state index contributed by atoms with van der Waals surface area (Å²) in [6, 6.07) is 6.21. The molecule has 0 amide bonds. The van der Waals surface area contributed by atoms with E-state index in [0.29, 0.717) is 5.15 Å². The van der Waals surface area contributed by atoms with Crippen molar-refractivity contribution in [1.29, 1.82) is 0 Å². The molecule has 134 valence electrons. The number of aryl methyl sites for hydroxylation is 1. The van der Waals surface area contributed by atoms with E-state index in [-0.39, 0.29) is 0 Å². The number of pyridine rings is 1. The molecule has 1 saturated carbocycles. The molecule has 0 atom stereocenters. The van der Waals surface area contributed by atoms with Crippen LogP contribution in [0.3, 0.4) is 0 Å². The van der Waals surface area contributed by atoms with Crippen LogP contribution < -0.4 is 5.32 Å². The fourth-order valence-corrected chi connectivity index (χ4v) is 5.71. The Hall–Kier alpha value is -1.10. The lowest BCUT2D eigenvalue weighted by Gasteiger charge is -2.07. The average Bonchev–Trinajstić information content (AvgIpc) is 3.36. The Bertz CT molecular complexity index is 818. The Labute approximate surface area is 163 Å². The zero-order valence-corrected chi connectivity index (χ0v) is 17.5. The number of fused-ring (bicyclic) bond motifs is 1. The molecule has 1 fully saturated rings. The van der Waals surface area contributed by atoms with Crippen LogP contribution in [-0.2, 0) is 6.54 Å². The molecule has 2 nitrogen and oxygen atoms in total. The number of anilines is 1. The van der Waals surface area contributed by atoms with Crippen molar-refractivity contribution in [3.05, 3.63) is 44.1 Å². The van der Waals surface area contributed by atoms with Gasteiger partial charge in [-0.3, -0.25) is 0 Å². The van der Waals surface area contributed by atoms with Gasteiger partial charge in [-0.25, -0.2) is 4.98 Å². The third-order valence-corrected chi connectivity index (χ3v) is 7.18. The third-order valence-electron chi connectivity index (χ3n) is 4.64. The maximum absolute atomic E-state index is 6.28. The largest absolute Gasteiger partial charge is 0.379 e. The molecule has 4 rings (SSSR count). The molecule has 0 spiro atoms.